The van der Waals surface area contributed by atoms with Crippen molar-refractivity contribution in [3.8, 4) is 11.5 Å². The second-order valence-corrected chi connectivity index (χ2v) is 7.79. The third-order valence-corrected chi connectivity index (χ3v) is 5.80. The van der Waals surface area contributed by atoms with Crippen LogP contribution in [0.15, 0.2) is 18.2 Å². The second kappa shape index (κ2) is 9.06. The van der Waals surface area contributed by atoms with E-state index in [1.807, 2.05) is 13.8 Å². The first kappa shape index (κ1) is 19.7. The first-order chi connectivity index (χ1) is 10.9. The number of hydrogen-bond donors (Lipinski definition) is 0. The molecule has 0 spiro atoms. The van der Waals surface area contributed by atoms with Crippen LogP contribution in [0.3, 0.4) is 0 Å². The molecule has 1 rings (SSSR count). The molecule has 6 nitrogen and oxygen atoms in total. The molecule has 130 valence electrons. The van der Waals surface area contributed by atoms with Gasteiger partial charge in [0.15, 0.2) is 0 Å². The monoisotopic (exact) mass is 344 g/mol. The van der Waals surface area contributed by atoms with Crippen LogP contribution in [0.4, 0.5) is 0 Å². The van der Waals surface area contributed by atoms with E-state index in [-0.39, 0.29) is 30.9 Å². The van der Waals surface area contributed by atoms with Gasteiger partial charge in [-0.05, 0) is 18.1 Å². The van der Waals surface area contributed by atoms with Crippen LogP contribution in [0.25, 0.3) is 0 Å². The molecule has 1 atom stereocenters. The number of carbonyl (C=O) groups excluding carboxylic acids is 1. The Morgan fingerprint density at radius 2 is 1.65 bits per heavy atom. The highest BCUT2D eigenvalue weighted by molar-refractivity contribution is 7.77. The molecule has 0 fully saturated rings. The topological polar surface area (TPSA) is 71.1 Å². The fourth-order valence-electron chi connectivity index (χ4n) is 2.18. The largest absolute Gasteiger partial charge is 0.496 e. The first-order valence-corrected chi connectivity index (χ1v) is 9.19. The molecular weight excluding hydrogens is 319 g/mol. The highest BCUT2D eigenvalue weighted by atomic mass is 31.2. The quantitative estimate of drug-likeness (QED) is 0.478. The molecule has 0 radical (unpaired) electrons. The van der Waals surface area contributed by atoms with E-state index in [0.29, 0.717) is 11.5 Å². The lowest BCUT2D eigenvalue weighted by Gasteiger charge is -2.21. The third kappa shape index (κ3) is 5.06. The lowest BCUT2D eigenvalue weighted by molar-refractivity contribution is 0.102. The number of rotatable bonds is 10. The highest BCUT2D eigenvalue weighted by Crippen LogP contribution is 2.54. The van der Waals surface area contributed by atoms with Gasteiger partial charge >= 0.3 is 0 Å². The zero-order valence-corrected chi connectivity index (χ0v) is 15.2. The molecule has 0 aliphatic carbocycles. The molecule has 0 saturated carbocycles. The van der Waals surface area contributed by atoms with E-state index in [2.05, 4.69) is 0 Å². The summed E-state index contributed by atoms with van der Waals surface area (Å²) < 4.78 is 34.0. The van der Waals surface area contributed by atoms with Crippen molar-refractivity contribution in [3.05, 3.63) is 23.8 Å². The summed E-state index contributed by atoms with van der Waals surface area (Å²) in [7, 11) is 0.837. The summed E-state index contributed by atoms with van der Waals surface area (Å²) >= 11 is 0. The summed E-state index contributed by atoms with van der Waals surface area (Å²) in [6.45, 7) is 4.13. The second-order valence-electron chi connectivity index (χ2n) is 5.42. The average molecular weight is 344 g/mol. The Hall–Kier alpha value is -1.36. The van der Waals surface area contributed by atoms with E-state index in [1.54, 1.807) is 18.2 Å². The predicted molar refractivity (Wildman–Crippen MR) is 89.0 cm³/mol. The minimum atomic E-state index is -3.58. The Morgan fingerprint density at radius 1 is 1.09 bits per heavy atom. The van der Waals surface area contributed by atoms with Crippen molar-refractivity contribution in [2.75, 3.05) is 40.7 Å². The van der Waals surface area contributed by atoms with Crippen molar-refractivity contribution in [2.24, 2.45) is 5.92 Å². The van der Waals surface area contributed by atoms with Crippen molar-refractivity contribution >= 4 is 12.9 Å². The molecule has 0 bridgehead atoms. The fourth-order valence-corrected chi connectivity index (χ4v) is 4.46. The van der Waals surface area contributed by atoms with Crippen LogP contribution in [0.1, 0.15) is 24.2 Å². The number of methoxy groups -OCH3 is 3. The Labute approximate surface area is 137 Å². The van der Waals surface area contributed by atoms with Crippen LogP contribution < -0.4 is 9.47 Å². The normalized spacial score (nSPS) is 13.7. The van der Waals surface area contributed by atoms with Gasteiger partial charge in [0.1, 0.15) is 17.1 Å². The van der Waals surface area contributed by atoms with Crippen molar-refractivity contribution in [1.82, 2.24) is 0 Å². The highest BCUT2D eigenvalue weighted by Gasteiger charge is 2.38. The van der Waals surface area contributed by atoms with Crippen LogP contribution in [0, 0.1) is 5.92 Å². The van der Waals surface area contributed by atoms with E-state index < -0.39 is 12.9 Å². The van der Waals surface area contributed by atoms with Gasteiger partial charge in [0, 0.05) is 13.3 Å². The van der Waals surface area contributed by atoms with Crippen LogP contribution >= 0.6 is 7.37 Å². The van der Waals surface area contributed by atoms with Gasteiger partial charge in [0.2, 0.25) is 0 Å². The van der Waals surface area contributed by atoms with Gasteiger partial charge in [0.25, 0.3) is 12.9 Å². The summed E-state index contributed by atoms with van der Waals surface area (Å²) in [5, 5.41) is 0. The minimum Gasteiger partial charge on any atom is -0.496 e. The van der Waals surface area contributed by atoms with Crippen molar-refractivity contribution in [3.63, 3.8) is 0 Å². The van der Waals surface area contributed by atoms with Gasteiger partial charge in [-0.15, -0.1) is 0 Å². The van der Waals surface area contributed by atoms with E-state index in [0.717, 1.165) is 0 Å². The fraction of sp³-hybridized carbons (Fsp3) is 0.562. The molecule has 0 aliphatic heterocycles. The van der Waals surface area contributed by atoms with Gasteiger partial charge in [-0.25, -0.2) is 0 Å². The standard InChI is InChI=1S/C16H25O6P/c1-12(2)11-23(18,22-10-9-19-3)16(17)15-13(20-4)7-6-8-14(15)21-5/h6-8,12H,9-11H2,1-5H3. The smallest absolute Gasteiger partial charge is 0.272 e. The van der Waals surface area contributed by atoms with Crippen molar-refractivity contribution in [1.29, 1.82) is 0 Å². The van der Waals surface area contributed by atoms with Crippen molar-refractivity contribution in [2.45, 2.75) is 13.8 Å². The summed E-state index contributed by atoms with van der Waals surface area (Å²) in [6, 6.07) is 4.96. The SMILES string of the molecule is COCCOP(=O)(CC(C)C)C(=O)c1c(OC)cccc1OC. The minimum absolute atomic E-state index is 0.0352. The lowest BCUT2D eigenvalue weighted by Crippen LogP contribution is -2.15. The molecule has 1 unspecified atom stereocenters. The van der Waals surface area contributed by atoms with Gasteiger partial charge in [-0.3, -0.25) is 9.36 Å². The number of ether oxygens (including phenoxy) is 3. The lowest BCUT2D eigenvalue weighted by atomic mass is 10.2. The molecule has 0 heterocycles. The number of carbonyl (C=O) groups is 1. The van der Waals surface area contributed by atoms with Crippen LogP contribution in [-0.2, 0) is 13.8 Å². The zero-order valence-electron chi connectivity index (χ0n) is 14.3. The Bertz CT molecular complexity index is 547. The number of hydrogen-bond acceptors (Lipinski definition) is 6. The Kier molecular flexibility index (Phi) is 7.76. The molecular formula is C16H25O6P. The molecule has 0 N–H and O–H groups in total. The first-order valence-electron chi connectivity index (χ1n) is 7.38. The summed E-state index contributed by atoms with van der Waals surface area (Å²) in [5.41, 5.74) is -0.435. The van der Waals surface area contributed by atoms with Crippen LogP contribution in [-0.4, -0.2) is 46.2 Å². The van der Waals surface area contributed by atoms with E-state index >= 15 is 0 Å². The molecule has 1 aromatic rings. The summed E-state index contributed by atoms with van der Waals surface area (Å²) in [5.74, 6) is 0.662. The van der Waals surface area contributed by atoms with Crippen LogP contribution in [0.2, 0.25) is 0 Å². The molecule has 0 amide bonds. The summed E-state index contributed by atoms with van der Waals surface area (Å²) in [6.07, 6.45) is 0.150. The molecule has 0 saturated heterocycles. The maximum Gasteiger partial charge on any atom is 0.272 e. The molecule has 23 heavy (non-hydrogen) atoms. The van der Waals surface area contributed by atoms with Gasteiger partial charge in [-0.2, -0.15) is 0 Å². The molecule has 7 heteroatoms. The molecule has 0 aliphatic rings. The van der Waals surface area contributed by atoms with E-state index in [1.165, 1.54) is 21.3 Å². The molecule has 1 aromatic carbocycles. The van der Waals surface area contributed by atoms with Gasteiger partial charge in [0.05, 0.1) is 27.4 Å². The van der Waals surface area contributed by atoms with Crippen LogP contribution in [0.5, 0.6) is 11.5 Å². The third-order valence-electron chi connectivity index (χ3n) is 3.14. The number of benzene rings is 1. The van der Waals surface area contributed by atoms with Gasteiger partial charge < -0.3 is 18.7 Å². The maximum atomic E-state index is 13.2. The van der Waals surface area contributed by atoms with E-state index in [9.17, 15) is 9.36 Å². The predicted octanol–water partition coefficient (Wildman–Crippen LogP) is 3.44. The molecule has 0 aromatic heterocycles. The van der Waals surface area contributed by atoms with Crippen molar-refractivity contribution < 1.29 is 28.1 Å². The maximum absolute atomic E-state index is 13.2. The zero-order chi connectivity index (χ0) is 17.5. The summed E-state index contributed by atoms with van der Waals surface area (Å²) in [4.78, 5) is 13.0. The van der Waals surface area contributed by atoms with Gasteiger partial charge in [-0.1, -0.05) is 19.9 Å². The van der Waals surface area contributed by atoms with E-state index in [4.69, 9.17) is 18.7 Å². The Morgan fingerprint density at radius 3 is 2.09 bits per heavy atom. The average Bonchev–Trinajstić information content (AvgIpc) is 2.52. The Balaban J connectivity index is 3.26.